The topological polar surface area (TPSA) is 172 Å². The fraction of sp³-hybridized carbons (Fsp3) is 0.480. The van der Waals surface area contributed by atoms with Crippen LogP contribution >= 0.6 is 0 Å². The summed E-state index contributed by atoms with van der Waals surface area (Å²) in [6.45, 7) is 0.769. The Morgan fingerprint density at radius 2 is 1.70 bits per heavy atom. The highest BCUT2D eigenvalue weighted by atomic mass is 16.7. The van der Waals surface area contributed by atoms with Crippen molar-refractivity contribution in [2.75, 3.05) is 19.9 Å². The Bertz CT molecular complexity index is 1170. The molecule has 0 bridgehead atoms. The van der Waals surface area contributed by atoms with E-state index < -0.39 is 47.2 Å². The van der Waals surface area contributed by atoms with Gasteiger partial charge in [0.1, 0.15) is 18.8 Å². The number of hydrogen-bond acceptors (Lipinski definition) is 10. The molecule has 1 amide bonds. The summed E-state index contributed by atoms with van der Waals surface area (Å²) < 4.78 is 17.3. The molecule has 2 fully saturated rings. The number of ether oxygens (including phenoxy) is 3. The van der Waals surface area contributed by atoms with Crippen LogP contribution < -0.4 is 14.2 Å². The van der Waals surface area contributed by atoms with Gasteiger partial charge in [-0.1, -0.05) is 30.3 Å². The van der Waals surface area contributed by atoms with E-state index in [0.29, 0.717) is 13.1 Å². The second kappa shape index (κ2) is 10.1. The van der Waals surface area contributed by atoms with E-state index >= 15 is 0 Å². The molecule has 1 aliphatic carbocycles. The molecule has 0 unspecified atom stereocenters. The Labute approximate surface area is 211 Å². The number of benzene rings is 2. The highest BCUT2D eigenvalue weighted by Gasteiger charge is 2.57. The van der Waals surface area contributed by atoms with Crippen LogP contribution in [0.2, 0.25) is 0 Å². The Morgan fingerprint density at radius 1 is 1.03 bits per heavy atom. The van der Waals surface area contributed by atoms with Crippen LogP contribution in [0.4, 0.5) is 0 Å². The molecule has 6 atom stereocenters. The molecule has 2 heterocycles. The van der Waals surface area contributed by atoms with Gasteiger partial charge in [-0.3, -0.25) is 14.9 Å². The third-order valence-electron chi connectivity index (χ3n) is 7.22. The van der Waals surface area contributed by atoms with E-state index in [1.54, 1.807) is 4.90 Å². The molecule has 0 radical (unpaired) electrons. The van der Waals surface area contributed by atoms with Gasteiger partial charge >= 0.3 is 0 Å². The van der Waals surface area contributed by atoms with Gasteiger partial charge < -0.3 is 39.5 Å². The van der Waals surface area contributed by atoms with Gasteiger partial charge in [0, 0.05) is 18.0 Å². The van der Waals surface area contributed by atoms with E-state index in [-0.39, 0.29) is 41.8 Å². The summed E-state index contributed by atoms with van der Waals surface area (Å²) in [7, 11) is 0. The second-order valence-corrected chi connectivity index (χ2v) is 9.44. The molecule has 3 aliphatic rings. The number of fused-ring (bicyclic) bond motifs is 1. The molecule has 0 aromatic heterocycles. The summed E-state index contributed by atoms with van der Waals surface area (Å²) in [5.74, 6) is -1.78. The zero-order chi connectivity index (χ0) is 26.3. The molecule has 4 N–H and O–H groups in total. The van der Waals surface area contributed by atoms with Gasteiger partial charge in [-0.25, -0.2) is 0 Å². The zero-order valence-corrected chi connectivity index (χ0v) is 19.8. The molecule has 1 saturated carbocycles. The fourth-order valence-corrected chi connectivity index (χ4v) is 5.32. The molecule has 198 valence electrons. The average molecular weight is 517 g/mol. The normalized spacial score (nSPS) is 28.8. The SMILES string of the molecule is O=C(c1c([C@@H]2[C@@H](O)[C@H](O)[C@@H](O)[C@@H](O)[C@@H]2[N+](=O)[O-])cc2c(c1OCc1ccccc1)OCO2)N1CCCC1. The van der Waals surface area contributed by atoms with Crippen molar-refractivity contribution < 1.29 is 44.4 Å². The van der Waals surface area contributed by atoms with E-state index in [1.807, 2.05) is 30.3 Å². The van der Waals surface area contributed by atoms with Gasteiger partial charge in [-0.15, -0.1) is 0 Å². The largest absolute Gasteiger partial charge is 0.484 e. The Hall–Kier alpha value is -3.45. The Kier molecular flexibility index (Phi) is 6.90. The molecule has 12 heteroatoms. The van der Waals surface area contributed by atoms with Crippen molar-refractivity contribution >= 4 is 5.91 Å². The Balaban J connectivity index is 1.69. The van der Waals surface area contributed by atoms with E-state index in [1.165, 1.54) is 6.07 Å². The van der Waals surface area contributed by atoms with Crippen LogP contribution in [0.15, 0.2) is 36.4 Å². The number of likely N-dealkylation sites (tertiary alicyclic amines) is 1. The van der Waals surface area contributed by atoms with Crippen molar-refractivity contribution in [2.45, 2.75) is 55.8 Å². The maximum atomic E-state index is 13.9. The van der Waals surface area contributed by atoms with Crippen LogP contribution in [0.25, 0.3) is 0 Å². The fourth-order valence-electron chi connectivity index (χ4n) is 5.32. The van der Waals surface area contributed by atoms with Gasteiger partial charge in [0.2, 0.25) is 12.5 Å². The summed E-state index contributed by atoms with van der Waals surface area (Å²) in [5, 5.41) is 54.2. The minimum atomic E-state index is -2.01. The molecular weight excluding hydrogens is 488 g/mol. The lowest BCUT2D eigenvalue weighted by Gasteiger charge is -2.40. The molecule has 12 nitrogen and oxygen atoms in total. The van der Waals surface area contributed by atoms with E-state index in [2.05, 4.69) is 0 Å². The summed E-state index contributed by atoms with van der Waals surface area (Å²) in [6.07, 6.45) is -6.18. The lowest BCUT2D eigenvalue weighted by molar-refractivity contribution is -0.549. The quantitative estimate of drug-likeness (QED) is 0.311. The molecule has 2 aromatic rings. The number of aliphatic hydroxyl groups is 4. The van der Waals surface area contributed by atoms with Crippen molar-refractivity contribution in [2.24, 2.45) is 0 Å². The minimum absolute atomic E-state index is 0.00449. The van der Waals surface area contributed by atoms with Crippen LogP contribution in [-0.2, 0) is 6.61 Å². The smallest absolute Gasteiger partial charge is 0.258 e. The first-order chi connectivity index (χ1) is 17.8. The van der Waals surface area contributed by atoms with Crippen molar-refractivity contribution in [1.82, 2.24) is 4.90 Å². The first kappa shape index (κ1) is 25.2. The Morgan fingerprint density at radius 3 is 2.38 bits per heavy atom. The van der Waals surface area contributed by atoms with Crippen LogP contribution in [-0.4, -0.2) is 86.5 Å². The van der Waals surface area contributed by atoms with Gasteiger partial charge in [-0.05, 0) is 30.0 Å². The van der Waals surface area contributed by atoms with Crippen LogP contribution in [0.5, 0.6) is 17.2 Å². The van der Waals surface area contributed by atoms with Crippen molar-refractivity contribution in [1.29, 1.82) is 0 Å². The van der Waals surface area contributed by atoms with Crippen molar-refractivity contribution in [3.63, 3.8) is 0 Å². The number of carbonyl (C=O) groups excluding carboxylic acids is 1. The first-order valence-electron chi connectivity index (χ1n) is 12.1. The predicted molar refractivity (Wildman–Crippen MR) is 126 cm³/mol. The van der Waals surface area contributed by atoms with Gasteiger partial charge in [0.25, 0.3) is 11.9 Å². The van der Waals surface area contributed by atoms with Crippen molar-refractivity contribution in [3.8, 4) is 17.2 Å². The van der Waals surface area contributed by atoms with E-state index in [0.717, 1.165) is 18.4 Å². The highest BCUT2D eigenvalue weighted by molar-refractivity contribution is 6.00. The van der Waals surface area contributed by atoms with Gasteiger partial charge in [0.05, 0.1) is 17.6 Å². The standard InChI is InChI=1S/C25H28N2O10/c28-19-16(18(27(33)34)20(29)22(31)21(19)30)14-10-15-23(37-12-36-15)24(35-11-13-6-2-1-3-7-13)17(14)25(32)26-8-4-5-9-26/h1-3,6-7,10,16,18-22,28-31H,4-5,8-9,11-12H2/t16-,18+,19+,20-,21-,22-/m0/s1. The third kappa shape index (κ3) is 4.46. The molecule has 37 heavy (non-hydrogen) atoms. The number of aliphatic hydroxyl groups excluding tert-OH is 4. The molecule has 2 aliphatic heterocycles. The lowest BCUT2D eigenvalue weighted by atomic mass is 9.72. The lowest BCUT2D eigenvalue weighted by Crippen LogP contribution is -2.62. The summed E-state index contributed by atoms with van der Waals surface area (Å²) in [5.41, 5.74) is 0.673. The summed E-state index contributed by atoms with van der Waals surface area (Å²) in [6, 6.07) is 8.56. The average Bonchev–Trinajstić information content (AvgIpc) is 3.60. The third-order valence-corrected chi connectivity index (χ3v) is 7.22. The number of hydrogen-bond donors (Lipinski definition) is 4. The number of nitrogens with zero attached hydrogens (tertiary/aromatic N) is 2. The maximum Gasteiger partial charge on any atom is 0.258 e. The maximum absolute atomic E-state index is 13.9. The van der Waals surface area contributed by atoms with Crippen LogP contribution in [0, 0.1) is 10.1 Å². The molecule has 0 spiro atoms. The summed E-state index contributed by atoms with van der Waals surface area (Å²) in [4.78, 5) is 26.7. The zero-order valence-electron chi connectivity index (χ0n) is 19.8. The van der Waals surface area contributed by atoms with Crippen LogP contribution in [0.3, 0.4) is 0 Å². The van der Waals surface area contributed by atoms with Crippen LogP contribution in [0.1, 0.15) is 40.2 Å². The summed E-state index contributed by atoms with van der Waals surface area (Å²) >= 11 is 0. The van der Waals surface area contributed by atoms with Crippen molar-refractivity contribution in [3.05, 3.63) is 63.2 Å². The first-order valence-corrected chi connectivity index (χ1v) is 12.1. The molecular formula is C25H28N2O10. The van der Waals surface area contributed by atoms with E-state index in [4.69, 9.17) is 14.2 Å². The van der Waals surface area contributed by atoms with Gasteiger partial charge in [0.15, 0.2) is 17.6 Å². The van der Waals surface area contributed by atoms with E-state index in [9.17, 15) is 35.3 Å². The number of amides is 1. The molecule has 2 aromatic carbocycles. The monoisotopic (exact) mass is 516 g/mol. The predicted octanol–water partition coefficient (Wildman–Crippen LogP) is 0.416. The number of rotatable bonds is 6. The molecule has 5 rings (SSSR count). The number of nitro groups is 1. The van der Waals surface area contributed by atoms with Gasteiger partial charge in [-0.2, -0.15) is 0 Å². The minimum Gasteiger partial charge on any atom is -0.484 e. The second-order valence-electron chi connectivity index (χ2n) is 9.44. The highest BCUT2D eigenvalue weighted by Crippen LogP contribution is 2.50. The number of carbonyl (C=O) groups is 1. The molecule has 1 saturated heterocycles.